The summed E-state index contributed by atoms with van der Waals surface area (Å²) in [6.45, 7) is 6.41. The number of halogens is 2. The van der Waals surface area contributed by atoms with Gasteiger partial charge in [-0.1, -0.05) is 53.1 Å². The molecule has 0 radical (unpaired) electrons. The molecule has 0 aliphatic heterocycles. The van der Waals surface area contributed by atoms with E-state index in [1.165, 1.54) is 42.2 Å². The second kappa shape index (κ2) is 9.81. The second-order valence-corrected chi connectivity index (χ2v) is 8.88. The van der Waals surface area contributed by atoms with Crippen LogP contribution in [0.1, 0.15) is 43.9 Å². The van der Waals surface area contributed by atoms with Gasteiger partial charge in [0.15, 0.2) is 0 Å². The zero-order chi connectivity index (χ0) is 16.4. The summed E-state index contributed by atoms with van der Waals surface area (Å²) in [4.78, 5) is 0. The first-order valence-corrected chi connectivity index (χ1v) is 9.30. The molecule has 2 aliphatic carbocycles. The Morgan fingerprint density at radius 1 is 1.00 bits per heavy atom. The van der Waals surface area contributed by atoms with E-state index in [0.717, 1.165) is 12.8 Å². The SMILES string of the molecule is CC1=CCC(c2[c-]c3c(cc2)-c2ccccc2C3)=C1.C[C](C)=[Zr+2].[Cl-].[Cl-]. The van der Waals surface area contributed by atoms with E-state index in [-0.39, 0.29) is 24.8 Å². The largest absolute Gasteiger partial charge is 1.00 e. The Hall–Kier alpha value is -0.747. The zero-order valence-corrected chi connectivity index (χ0v) is 18.8. The smallest absolute Gasteiger partial charge is 1.00 e. The molecule has 0 N–H and O–H groups in total. The molecular formula is C22H21Cl2Zr-. The van der Waals surface area contributed by atoms with Crippen molar-refractivity contribution >= 4 is 8.78 Å². The monoisotopic (exact) mass is 445 g/mol. The summed E-state index contributed by atoms with van der Waals surface area (Å²) in [6, 6.07) is 16.8. The molecule has 0 saturated carbocycles. The summed E-state index contributed by atoms with van der Waals surface area (Å²) >= 11 is 1.55. The number of hydrogen-bond donors (Lipinski definition) is 0. The molecule has 0 fully saturated rings. The molecule has 25 heavy (non-hydrogen) atoms. The van der Waals surface area contributed by atoms with E-state index >= 15 is 0 Å². The number of benzene rings is 2. The van der Waals surface area contributed by atoms with Gasteiger partial charge in [-0.3, -0.25) is 0 Å². The van der Waals surface area contributed by atoms with Crippen molar-refractivity contribution in [3.63, 3.8) is 0 Å². The molecular weight excluding hydrogens is 426 g/mol. The summed E-state index contributed by atoms with van der Waals surface area (Å²) in [5, 5.41) is 0. The summed E-state index contributed by atoms with van der Waals surface area (Å²) in [5.74, 6) is 0. The molecule has 3 heteroatoms. The van der Waals surface area contributed by atoms with Crippen molar-refractivity contribution in [2.75, 3.05) is 0 Å². The van der Waals surface area contributed by atoms with E-state index in [9.17, 15) is 0 Å². The maximum absolute atomic E-state index is 3.63. The molecule has 0 unspecified atom stereocenters. The van der Waals surface area contributed by atoms with Crippen LogP contribution in [-0.2, 0) is 30.7 Å². The van der Waals surface area contributed by atoms with Crippen LogP contribution in [0.5, 0.6) is 0 Å². The fourth-order valence-electron chi connectivity index (χ4n) is 3.10. The van der Waals surface area contributed by atoms with Gasteiger partial charge in [0.1, 0.15) is 0 Å². The van der Waals surface area contributed by atoms with E-state index in [1.54, 1.807) is 24.2 Å². The minimum atomic E-state index is 0. The van der Waals surface area contributed by atoms with Gasteiger partial charge < -0.3 is 24.8 Å². The first kappa shape index (κ1) is 22.3. The van der Waals surface area contributed by atoms with Gasteiger partial charge in [-0.25, -0.2) is 0 Å². The maximum Gasteiger partial charge on any atom is -1.00 e. The van der Waals surface area contributed by atoms with Gasteiger partial charge in [-0.2, -0.15) is 0 Å². The predicted octanol–water partition coefficient (Wildman–Crippen LogP) is -0.455. The minimum absolute atomic E-state index is 0. The van der Waals surface area contributed by atoms with Gasteiger partial charge in [0.2, 0.25) is 0 Å². The zero-order valence-electron chi connectivity index (χ0n) is 14.8. The third-order valence-corrected chi connectivity index (χ3v) is 4.09. The van der Waals surface area contributed by atoms with E-state index in [2.05, 4.69) is 75.4 Å². The Morgan fingerprint density at radius 3 is 2.32 bits per heavy atom. The van der Waals surface area contributed by atoms with Crippen LogP contribution in [0.3, 0.4) is 0 Å². The first-order valence-electron chi connectivity index (χ1n) is 8.07. The van der Waals surface area contributed by atoms with Crippen LogP contribution in [0.4, 0.5) is 0 Å². The molecule has 2 aromatic carbocycles. The summed E-state index contributed by atoms with van der Waals surface area (Å²) in [6.07, 6.45) is 6.64. The third-order valence-electron chi connectivity index (χ3n) is 4.09. The molecule has 0 amide bonds. The normalized spacial score (nSPS) is 13.2. The van der Waals surface area contributed by atoms with Crippen LogP contribution in [-0.4, -0.2) is 3.21 Å². The Morgan fingerprint density at radius 2 is 1.68 bits per heavy atom. The van der Waals surface area contributed by atoms with Crippen molar-refractivity contribution in [2.24, 2.45) is 0 Å². The third kappa shape index (κ3) is 5.36. The maximum atomic E-state index is 3.63. The van der Waals surface area contributed by atoms with Crippen LogP contribution in [0.15, 0.2) is 54.1 Å². The van der Waals surface area contributed by atoms with Gasteiger partial charge in [0, 0.05) is 0 Å². The predicted molar refractivity (Wildman–Crippen MR) is 96.2 cm³/mol. The van der Waals surface area contributed by atoms with Crippen molar-refractivity contribution in [1.29, 1.82) is 0 Å². The van der Waals surface area contributed by atoms with Crippen LogP contribution >= 0.6 is 0 Å². The van der Waals surface area contributed by atoms with Crippen LogP contribution < -0.4 is 24.8 Å². The number of fused-ring (bicyclic) bond motifs is 3. The Balaban J connectivity index is 0.000000476. The molecule has 0 nitrogen and oxygen atoms in total. The molecule has 128 valence electrons. The summed E-state index contributed by atoms with van der Waals surface area (Å²) in [7, 11) is 0. The number of hydrogen-bond acceptors (Lipinski definition) is 0. The first-order chi connectivity index (χ1) is 11.0. The average molecular weight is 448 g/mol. The standard InChI is InChI=1S/C19H15.C3H6.2ClH.Zr/c1-13-6-7-14(10-13)15-8-9-19-17(11-15)12-16-4-2-3-5-18(16)19;1-3-2;;;/h2-6,8-10H,7,12H2,1H3;1-2H3;2*1H;/q-1;;;;+2/p-2. The fraction of sp³-hybridized carbons (Fsp3) is 0.227. The number of allylic oxidation sites excluding steroid dienone is 4. The van der Waals surface area contributed by atoms with E-state index in [1.807, 2.05) is 0 Å². The number of rotatable bonds is 1. The molecule has 4 rings (SSSR count). The van der Waals surface area contributed by atoms with Gasteiger partial charge >= 0.3 is 41.3 Å². The second-order valence-electron chi connectivity index (χ2n) is 6.42. The molecule has 2 aromatic rings. The Labute approximate surface area is 178 Å². The molecule has 0 aromatic heterocycles. The van der Waals surface area contributed by atoms with E-state index in [0.29, 0.717) is 0 Å². The topological polar surface area (TPSA) is 0 Å². The molecule has 0 heterocycles. The van der Waals surface area contributed by atoms with Crippen LogP contribution in [0.25, 0.3) is 16.7 Å². The summed E-state index contributed by atoms with van der Waals surface area (Å²) in [5.41, 5.74) is 9.56. The molecule has 2 aliphatic rings. The molecule has 0 spiro atoms. The van der Waals surface area contributed by atoms with Gasteiger partial charge in [0.25, 0.3) is 0 Å². The van der Waals surface area contributed by atoms with Gasteiger partial charge in [-0.05, 0) is 25.3 Å². The van der Waals surface area contributed by atoms with Crippen molar-refractivity contribution in [1.82, 2.24) is 0 Å². The minimum Gasteiger partial charge on any atom is -1.00 e. The molecule has 0 atom stereocenters. The van der Waals surface area contributed by atoms with Crippen LogP contribution in [0, 0.1) is 6.07 Å². The average Bonchev–Trinajstić information content (AvgIpc) is 3.09. The van der Waals surface area contributed by atoms with E-state index in [4.69, 9.17) is 0 Å². The molecule has 0 saturated heterocycles. The van der Waals surface area contributed by atoms with Crippen LogP contribution in [0.2, 0.25) is 0 Å². The van der Waals surface area contributed by atoms with Gasteiger partial charge in [-0.15, -0.1) is 34.9 Å². The van der Waals surface area contributed by atoms with Gasteiger partial charge in [0.05, 0.1) is 0 Å². The van der Waals surface area contributed by atoms with E-state index < -0.39 is 0 Å². The molecule has 0 bridgehead atoms. The quantitative estimate of drug-likeness (QED) is 0.444. The van der Waals surface area contributed by atoms with Crippen molar-refractivity contribution in [3.05, 3.63) is 76.9 Å². The van der Waals surface area contributed by atoms with Crippen molar-refractivity contribution < 1.29 is 49.0 Å². The van der Waals surface area contributed by atoms with Crippen molar-refractivity contribution in [3.8, 4) is 11.1 Å². The Bertz CT molecular complexity index is 828. The Kier molecular flexibility index (Phi) is 8.75. The fourth-order valence-corrected chi connectivity index (χ4v) is 3.10. The van der Waals surface area contributed by atoms with Crippen molar-refractivity contribution in [2.45, 2.75) is 33.6 Å². The summed E-state index contributed by atoms with van der Waals surface area (Å²) < 4.78 is 1.51.